The number of aromatic nitrogens is 2. The molecule has 0 aliphatic carbocycles. The van der Waals surface area contributed by atoms with Crippen LogP contribution in [0.15, 0.2) is 16.9 Å². The van der Waals surface area contributed by atoms with E-state index in [0.29, 0.717) is 12.3 Å². The van der Waals surface area contributed by atoms with Gasteiger partial charge in [0.1, 0.15) is 6.04 Å². The number of nitrogens with one attached hydrogen (secondary N) is 1. The van der Waals surface area contributed by atoms with Crippen LogP contribution in [0.1, 0.15) is 13.0 Å². The average molecular weight is 278 g/mol. The van der Waals surface area contributed by atoms with Crippen molar-refractivity contribution >= 4 is 34.5 Å². The summed E-state index contributed by atoms with van der Waals surface area (Å²) >= 11 is 7.29. The highest BCUT2D eigenvalue weighted by Gasteiger charge is 2.14. The summed E-state index contributed by atoms with van der Waals surface area (Å²) < 4.78 is 2.48. The van der Waals surface area contributed by atoms with Crippen LogP contribution < -0.4 is 5.32 Å². The highest BCUT2D eigenvalue weighted by atomic mass is 79.9. The SMILES string of the molecule is CC(C(=O)NCCS)n1cc(Br)cn1. The summed E-state index contributed by atoms with van der Waals surface area (Å²) in [6.45, 7) is 2.38. The zero-order valence-corrected chi connectivity index (χ0v) is 10.3. The first kappa shape index (κ1) is 11.6. The predicted octanol–water partition coefficient (Wildman–Crippen LogP) is 1.25. The highest BCUT2D eigenvalue weighted by Crippen LogP contribution is 2.11. The number of amides is 1. The Morgan fingerprint density at radius 3 is 3.07 bits per heavy atom. The predicted molar refractivity (Wildman–Crippen MR) is 61.5 cm³/mol. The number of carbonyl (C=O) groups is 1. The summed E-state index contributed by atoms with van der Waals surface area (Å²) in [5.74, 6) is 0.594. The van der Waals surface area contributed by atoms with Crippen molar-refractivity contribution in [2.45, 2.75) is 13.0 Å². The van der Waals surface area contributed by atoms with Gasteiger partial charge >= 0.3 is 0 Å². The van der Waals surface area contributed by atoms with E-state index >= 15 is 0 Å². The Labute approximate surface area is 96.6 Å². The highest BCUT2D eigenvalue weighted by molar-refractivity contribution is 9.10. The molecule has 1 atom stereocenters. The molecule has 1 unspecified atom stereocenters. The van der Waals surface area contributed by atoms with Crippen molar-refractivity contribution in [2.24, 2.45) is 0 Å². The second-order valence-electron chi connectivity index (χ2n) is 2.83. The molecule has 0 saturated heterocycles. The van der Waals surface area contributed by atoms with Gasteiger partial charge in [0.05, 0.1) is 10.7 Å². The number of carbonyl (C=O) groups excluding carboxylic acids is 1. The van der Waals surface area contributed by atoms with Gasteiger partial charge in [-0.25, -0.2) is 0 Å². The van der Waals surface area contributed by atoms with Crippen LogP contribution in [0.25, 0.3) is 0 Å². The summed E-state index contributed by atoms with van der Waals surface area (Å²) in [4.78, 5) is 11.5. The molecule has 1 aromatic heterocycles. The molecule has 1 amide bonds. The van der Waals surface area contributed by atoms with E-state index in [9.17, 15) is 4.79 Å². The fourth-order valence-electron chi connectivity index (χ4n) is 0.974. The maximum atomic E-state index is 11.5. The summed E-state index contributed by atoms with van der Waals surface area (Å²) in [6.07, 6.45) is 3.42. The summed E-state index contributed by atoms with van der Waals surface area (Å²) in [6, 6.07) is -0.291. The number of hydrogen-bond donors (Lipinski definition) is 2. The fourth-order valence-corrected chi connectivity index (χ4v) is 1.39. The van der Waals surface area contributed by atoms with Crippen LogP contribution in [0.4, 0.5) is 0 Å². The number of nitrogens with zero attached hydrogens (tertiary/aromatic N) is 2. The van der Waals surface area contributed by atoms with Gasteiger partial charge in [-0.15, -0.1) is 0 Å². The maximum absolute atomic E-state index is 11.5. The Morgan fingerprint density at radius 2 is 2.57 bits per heavy atom. The summed E-state index contributed by atoms with van der Waals surface area (Å²) in [5, 5.41) is 6.78. The van der Waals surface area contributed by atoms with Gasteiger partial charge in [0.2, 0.25) is 5.91 Å². The van der Waals surface area contributed by atoms with Crippen LogP contribution in [0.3, 0.4) is 0 Å². The molecule has 6 heteroatoms. The summed E-state index contributed by atoms with van der Waals surface area (Å²) in [7, 11) is 0. The molecule has 14 heavy (non-hydrogen) atoms. The van der Waals surface area contributed by atoms with Crippen LogP contribution in [0.2, 0.25) is 0 Å². The van der Waals surface area contributed by atoms with E-state index < -0.39 is 0 Å². The molecule has 0 bridgehead atoms. The monoisotopic (exact) mass is 277 g/mol. The molecular weight excluding hydrogens is 266 g/mol. The molecule has 1 aromatic rings. The number of rotatable bonds is 4. The van der Waals surface area contributed by atoms with Gasteiger partial charge in [0.25, 0.3) is 0 Å². The minimum Gasteiger partial charge on any atom is -0.353 e. The molecule has 1 rings (SSSR count). The number of halogens is 1. The third-order valence-electron chi connectivity index (χ3n) is 1.76. The van der Waals surface area contributed by atoms with E-state index in [4.69, 9.17) is 0 Å². The Morgan fingerprint density at radius 1 is 1.86 bits per heavy atom. The number of hydrogen-bond acceptors (Lipinski definition) is 3. The van der Waals surface area contributed by atoms with Gasteiger partial charge in [-0.2, -0.15) is 17.7 Å². The first-order chi connectivity index (χ1) is 6.65. The molecule has 0 aromatic carbocycles. The quantitative estimate of drug-likeness (QED) is 0.814. The fraction of sp³-hybridized carbons (Fsp3) is 0.500. The first-order valence-electron chi connectivity index (χ1n) is 4.23. The lowest BCUT2D eigenvalue weighted by molar-refractivity contribution is -0.124. The van der Waals surface area contributed by atoms with Crippen molar-refractivity contribution < 1.29 is 4.79 Å². The maximum Gasteiger partial charge on any atom is 0.244 e. The molecule has 1 heterocycles. The van der Waals surface area contributed by atoms with E-state index in [1.54, 1.807) is 24.0 Å². The van der Waals surface area contributed by atoms with Gasteiger partial charge in [-0.05, 0) is 22.9 Å². The Bertz CT molecular complexity index is 315. The van der Waals surface area contributed by atoms with E-state index in [1.165, 1.54) is 0 Å². The van der Waals surface area contributed by atoms with Crippen LogP contribution in [-0.2, 0) is 4.79 Å². The van der Waals surface area contributed by atoms with Gasteiger partial charge in [-0.3, -0.25) is 9.48 Å². The lowest BCUT2D eigenvalue weighted by Gasteiger charge is -2.11. The van der Waals surface area contributed by atoms with Crippen LogP contribution in [-0.4, -0.2) is 28.0 Å². The van der Waals surface area contributed by atoms with E-state index in [0.717, 1.165) is 4.47 Å². The second-order valence-corrected chi connectivity index (χ2v) is 4.19. The lowest BCUT2D eigenvalue weighted by atomic mass is 10.3. The standard InChI is InChI=1S/C8H12BrN3OS/c1-6(8(13)10-2-3-14)12-5-7(9)4-11-12/h4-6,14H,2-3H2,1H3,(H,10,13). The molecule has 4 nitrogen and oxygen atoms in total. The third-order valence-corrected chi connectivity index (χ3v) is 2.39. The van der Waals surface area contributed by atoms with Gasteiger partial charge in [0.15, 0.2) is 0 Å². The first-order valence-corrected chi connectivity index (χ1v) is 5.66. The normalized spacial score (nSPS) is 12.5. The van der Waals surface area contributed by atoms with E-state index in [1.807, 2.05) is 0 Å². The molecule has 1 N–H and O–H groups in total. The molecule has 0 aliphatic heterocycles. The second kappa shape index (κ2) is 5.41. The molecule has 0 saturated carbocycles. The van der Waals surface area contributed by atoms with Gasteiger partial charge in [0, 0.05) is 18.5 Å². The molecule has 0 fully saturated rings. The van der Waals surface area contributed by atoms with Crippen LogP contribution in [0.5, 0.6) is 0 Å². The molecule has 78 valence electrons. The topological polar surface area (TPSA) is 46.9 Å². The van der Waals surface area contributed by atoms with Gasteiger partial charge in [-0.1, -0.05) is 0 Å². The zero-order valence-electron chi connectivity index (χ0n) is 7.77. The smallest absolute Gasteiger partial charge is 0.244 e. The molecule has 0 radical (unpaired) electrons. The lowest BCUT2D eigenvalue weighted by Crippen LogP contribution is -2.32. The van der Waals surface area contributed by atoms with Crippen molar-refractivity contribution in [2.75, 3.05) is 12.3 Å². The average Bonchev–Trinajstić information content (AvgIpc) is 2.60. The zero-order chi connectivity index (χ0) is 10.6. The Kier molecular flexibility index (Phi) is 4.47. The van der Waals surface area contributed by atoms with Crippen molar-refractivity contribution in [1.29, 1.82) is 0 Å². The van der Waals surface area contributed by atoms with Crippen LogP contribution >= 0.6 is 28.6 Å². The number of thiol groups is 1. The molecular formula is C8H12BrN3OS. The molecule has 0 spiro atoms. The molecule has 0 aliphatic rings. The van der Waals surface area contributed by atoms with Crippen molar-refractivity contribution in [3.05, 3.63) is 16.9 Å². The largest absolute Gasteiger partial charge is 0.353 e. The minimum absolute atomic E-state index is 0.0466. The minimum atomic E-state index is -0.291. The van der Waals surface area contributed by atoms with Crippen molar-refractivity contribution in [1.82, 2.24) is 15.1 Å². The van der Waals surface area contributed by atoms with E-state index in [-0.39, 0.29) is 11.9 Å². The van der Waals surface area contributed by atoms with E-state index in [2.05, 4.69) is 39.0 Å². The van der Waals surface area contributed by atoms with Crippen LogP contribution in [0, 0.1) is 0 Å². The Hall–Kier alpha value is -0.490. The van der Waals surface area contributed by atoms with Crippen molar-refractivity contribution in [3.63, 3.8) is 0 Å². The Balaban J connectivity index is 2.56. The van der Waals surface area contributed by atoms with Gasteiger partial charge < -0.3 is 5.32 Å². The van der Waals surface area contributed by atoms with Crippen molar-refractivity contribution in [3.8, 4) is 0 Å². The third kappa shape index (κ3) is 3.02. The summed E-state index contributed by atoms with van der Waals surface area (Å²) in [5.41, 5.74) is 0.